The Kier molecular flexibility index (Phi) is 2.70. The second kappa shape index (κ2) is 3.92. The fourth-order valence-electron chi connectivity index (χ4n) is 3.96. The molecule has 0 spiro atoms. The van der Waals surface area contributed by atoms with Gasteiger partial charge in [0.25, 0.3) is 0 Å². The molecule has 2 aliphatic carbocycles. The Balaban J connectivity index is 2.19. The number of carbonyl (C=O) groups is 2. The van der Waals surface area contributed by atoms with Crippen LogP contribution in [-0.4, -0.2) is 39.3 Å². The third-order valence-electron chi connectivity index (χ3n) is 5.07. The number of hydrogen-bond acceptors (Lipinski definition) is 5. The lowest BCUT2D eigenvalue weighted by atomic mass is 9.82. The maximum absolute atomic E-state index is 12.2. The van der Waals surface area contributed by atoms with Gasteiger partial charge in [-0.1, -0.05) is 6.92 Å². The standard InChI is InChI=1S/C15H20O5/c1-7-8-4-5-14(2,18)10-9(16)6-15(3,19)11(10)12(8)20-13(7)17/h7-8,12,18-19H,4-6H2,1-3H3/t7-,8-,12-,14-,15?/m0/s1. The predicted molar refractivity (Wildman–Crippen MR) is 69.7 cm³/mol. The van der Waals surface area contributed by atoms with Crippen LogP contribution in [0.5, 0.6) is 0 Å². The summed E-state index contributed by atoms with van der Waals surface area (Å²) < 4.78 is 5.43. The molecule has 0 aromatic carbocycles. The fourth-order valence-corrected chi connectivity index (χ4v) is 3.96. The van der Waals surface area contributed by atoms with Gasteiger partial charge >= 0.3 is 5.97 Å². The molecule has 0 radical (unpaired) electrons. The second-order valence-corrected chi connectivity index (χ2v) is 6.79. The summed E-state index contributed by atoms with van der Waals surface area (Å²) in [5.41, 5.74) is -1.92. The van der Waals surface area contributed by atoms with E-state index in [4.69, 9.17) is 4.74 Å². The first-order chi connectivity index (χ1) is 9.15. The van der Waals surface area contributed by atoms with Gasteiger partial charge in [-0.15, -0.1) is 0 Å². The minimum Gasteiger partial charge on any atom is -0.457 e. The van der Waals surface area contributed by atoms with E-state index in [1.165, 1.54) is 0 Å². The highest BCUT2D eigenvalue weighted by Crippen LogP contribution is 2.50. The van der Waals surface area contributed by atoms with Crippen LogP contribution in [0.3, 0.4) is 0 Å². The van der Waals surface area contributed by atoms with E-state index >= 15 is 0 Å². The van der Waals surface area contributed by atoms with Gasteiger partial charge in [0.15, 0.2) is 5.78 Å². The number of fused-ring (bicyclic) bond motifs is 2. The summed E-state index contributed by atoms with van der Waals surface area (Å²) >= 11 is 0. The Morgan fingerprint density at radius 2 is 1.85 bits per heavy atom. The van der Waals surface area contributed by atoms with E-state index in [1.54, 1.807) is 20.8 Å². The highest BCUT2D eigenvalue weighted by Gasteiger charge is 2.57. The summed E-state index contributed by atoms with van der Waals surface area (Å²) in [4.78, 5) is 24.0. The summed E-state index contributed by atoms with van der Waals surface area (Å²) in [6.07, 6.45) is 0.364. The molecule has 5 atom stereocenters. The van der Waals surface area contributed by atoms with E-state index in [2.05, 4.69) is 0 Å². The number of aliphatic hydroxyl groups is 2. The Morgan fingerprint density at radius 3 is 2.50 bits per heavy atom. The molecule has 110 valence electrons. The molecule has 5 heteroatoms. The molecule has 1 heterocycles. The van der Waals surface area contributed by atoms with E-state index in [-0.39, 0.29) is 35.6 Å². The average molecular weight is 280 g/mol. The number of esters is 1. The van der Waals surface area contributed by atoms with Crippen molar-refractivity contribution >= 4 is 11.8 Å². The average Bonchev–Trinajstić information content (AvgIpc) is 2.66. The van der Waals surface area contributed by atoms with Gasteiger partial charge in [-0.3, -0.25) is 9.59 Å². The van der Waals surface area contributed by atoms with Crippen molar-refractivity contribution in [2.45, 2.75) is 57.3 Å². The van der Waals surface area contributed by atoms with Crippen LogP contribution in [-0.2, 0) is 14.3 Å². The summed E-state index contributed by atoms with van der Waals surface area (Å²) in [5, 5.41) is 21.2. The second-order valence-electron chi connectivity index (χ2n) is 6.79. The van der Waals surface area contributed by atoms with E-state index in [1.807, 2.05) is 0 Å². The van der Waals surface area contributed by atoms with E-state index < -0.39 is 17.3 Å². The molecule has 3 rings (SSSR count). The SMILES string of the molecule is C[C@@H]1C(=O)O[C@@H]2C3=C(C(=O)CC3(C)O)[C@@](C)(O)CC[C@@H]12. The van der Waals surface area contributed by atoms with Crippen molar-refractivity contribution in [3.8, 4) is 0 Å². The van der Waals surface area contributed by atoms with Crippen LogP contribution in [0, 0.1) is 11.8 Å². The van der Waals surface area contributed by atoms with Crippen molar-refractivity contribution in [1.82, 2.24) is 0 Å². The Hall–Kier alpha value is -1.20. The number of carbonyl (C=O) groups excluding carboxylic acids is 2. The van der Waals surface area contributed by atoms with Crippen molar-refractivity contribution in [2.24, 2.45) is 11.8 Å². The highest BCUT2D eigenvalue weighted by molar-refractivity contribution is 6.02. The van der Waals surface area contributed by atoms with E-state index in [0.717, 1.165) is 0 Å². The summed E-state index contributed by atoms with van der Waals surface area (Å²) in [7, 11) is 0. The molecular weight excluding hydrogens is 260 g/mol. The third-order valence-corrected chi connectivity index (χ3v) is 5.07. The zero-order chi connectivity index (χ0) is 14.9. The van der Waals surface area contributed by atoms with Crippen molar-refractivity contribution < 1.29 is 24.5 Å². The van der Waals surface area contributed by atoms with Crippen LogP contribution >= 0.6 is 0 Å². The quantitative estimate of drug-likeness (QED) is 0.639. The van der Waals surface area contributed by atoms with Crippen molar-refractivity contribution in [2.75, 3.05) is 0 Å². The Bertz CT molecular complexity index is 528. The number of ketones is 1. The summed E-state index contributed by atoms with van der Waals surface area (Å²) in [6, 6.07) is 0. The first kappa shape index (κ1) is 13.8. The van der Waals surface area contributed by atoms with Crippen LogP contribution < -0.4 is 0 Å². The molecule has 0 saturated carbocycles. The molecule has 1 aliphatic heterocycles. The molecule has 0 aromatic heterocycles. The van der Waals surface area contributed by atoms with Crippen LogP contribution in [0.1, 0.15) is 40.0 Å². The molecule has 20 heavy (non-hydrogen) atoms. The van der Waals surface area contributed by atoms with Gasteiger partial charge in [-0.05, 0) is 26.7 Å². The first-order valence-electron chi connectivity index (χ1n) is 7.09. The van der Waals surface area contributed by atoms with E-state index in [0.29, 0.717) is 18.4 Å². The molecule has 1 unspecified atom stereocenters. The normalized spacial score (nSPS) is 48.0. The molecule has 3 aliphatic rings. The zero-order valence-corrected chi connectivity index (χ0v) is 12.0. The molecular formula is C15H20O5. The van der Waals surface area contributed by atoms with Crippen molar-refractivity contribution in [3.63, 3.8) is 0 Å². The Morgan fingerprint density at radius 1 is 1.20 bits per heavy atom. The predicted octanol–water partition coefficient (Wildman–Crippen LogP) is 0.729. The summed E-state index contributed by atoms with van der Waals surface area (Å²) in [5.74, 6) is -0.886. The lowest BCUT2D eigenvalue weighted by Crippen LogP contribution is -2.34. The molecule has 0 bridgehead atoms. The maximum atomic E-state index is 12.2. The monoisotopic (exact) mass is 280 g/mol. The molecule has 0 amide bonds. The number of Topliss-reactive ketones (excluding diaryl/α,β-unsaturated/α-hetero) is 1. The summed E-state index contributed by atoms with van der Waals surface area (Å²) in [6.45, 7) is 4.97. The number of hydrogen-bond donors (Lipinski definition) is 2. The molecule has 5 nitrogen and oxygen atoms in total. The van der Waals surface area contributed by atoms with Crippen LogP contribution in [0.4, 0.5) is 0 Å². The van der Waals surface area contributed by atoms with Crippen LogP contribution in [0.15, 0.2) is 11.1 Å². The molecule has 0 aromatic rings. The number of rotatable bonds is 0. The van der Waals surface area contributed by atoms with Crippen LogP contribution in [0.2, 0.25) is 0 Å². The first-order valence-corrected chi connectivity index (χ1v) is 7.09. The van der Waals surface area contributed by atoms with Gasteiger partial charge < -0.3 is 14.9 Å². The smallest absolute Gasteiger partial charge is 0.309 e. The van der Waals surface area contributed by atoms with Gasteiger partial charge in [0.2, 0.25) is 0 Å². The van der Waals surface area contributed by atoms with Crippen molar-refractivity contribution in [1.29, 1.82) is 0 Å². The van der Waals surface area contributed by atoms with Gasteiger partial charge in [-0.2, -0.15) is 0 Å². The third kappa shape index (κ3) is 1.69. The Labute approximate surface area is 117 Å². The molecule has 1 fully saturated rings. The lowest BCUT2D eigenvalue weighted by molar-refractivity contribution is -0.143. The van der Waals surface area contributed by atoms with Gasteiger partial charge in [-0.25, -0.2) is 0 Å². The largest absolute Gasteiger partial charge is 0.457 e. The van der Waals surface area contributed by atoms with Crippen LogP contribution in [0.25, 0.3) is 0 Å². The van der Waals surface area contributed by atoms with Gasteiger partial charge in [0.05, 0.1) is 17.1 Å². The van der Waals surface area contributed by atoms with Gasteiger partial charge in [0, 0.05) is 23.5 Å². The topological polar surface area (TPSA) is 83.8 Å². The lowest BCUT2D eigenvalue weighted by Gasteiger charge is -2.27. The number of ether oxygens (including phenoxy) is 1. The van der Waals surface area contributed by atoms with Gasteiger partial charge in [0.1, 0.15) is 6.10 Å². The maximum Gasteiger partial charge on any atom is 0.309 e. The zero-order valence-electron chi connectivity index (χ0n) is 12.0. The van der Waals surface area contributed by atoms with E-state index in [9.17, 15) is 19.8 Å². The minimum atomic E-state index is -1.34. The molecule has 1 saturated heterocycles. The van der Waals surface area contributed by atoms with Crippen molar-refractivity contribution in [3.05, 3.63) is 11.1 Å². The fraction of sp³-hybridized carbons (Fsp3) is 0.733. The molecule has 2 N–H and O–H groups in total. The highest BCUT2D eigenvalue weighted by atomic mass is 16.6. The minimum absolute atomic E-state index is 0.0526.